The number of benzene rings is 2. The molecule has 6 rings (SSSR count). The van der Waals surface area contributed by atoms with Gasteiger partial charge in [0.2, 0.25) is 0 Å². The fraction of sp³-hybridized carbons (Fsp3) is 0.333. The Morgan fingerprint density at radius 3 is 2.38 bits per heavy atom. The summed E-state index contributed by atoms with van der Waals surface area (Å²) in [6, 6.07) is 12.7. The summed E-state index contributed by atoms with van der Waals surface area (Å²) in [6.07, 6.45) is 5.42. The number of ether oxygens (including phenoxy) is 2. The second-order valence-corrected chi connectivity index (χ2v) is 8.84. The van der Waals surface area contributed by atoms with Gasteiger partial charge in [0, 0.05) is 16.5 Å². The first-order chi connectivity index (χ1) is 15.9. The van der Waals surface area contributed by atoms with Crippen molar-refractivity contribution in [3.05, 3.63) is 59.2 Å². The molecule has 6 nitrogen and oxygen atoms in total. The summed E-state index contributed by atoms with van der Waals surface area (Å²) in [6.45, 7) is 4.84. The van der Waals surface area contributed by atoms with E-state index in [0.717, 1.165) is 28.7 Å². The van der Waals surface area contributed by atoms with Gasteiger partial charge >= 0.3 is 29.6 Å². The van der Waals surface area contributed by atoms with Crippen LogP contribution in [-0.4, -0.2) is 30.3 Å². The molecule has 1 saturated heterocycles. The molecular weight excluding hydrogens is 441 g/mol. The third kappa shape index (κ3) is 4.24. The summed E-state index contributed by atoms with van der Waals surface area (Å²) in [5, 5.41) is 13.2. The molecule has 0 unspecified atom stereocenters. The second-order valence-electron chi connectivity index (χ2n) is 8.84. The molecular formula is C27H26NNaO5. The maximum absolute atomic E-state index is 11.8. The molecule has 0 radical (unpaired) electrons. The number of aryl methyl sites for hydroxylation is 2. The van der Waals surface area contributed by atoms with Gasteiger partial charge in [0.1, 0.15) is 17.0 Å². The van der Waals surface area contributed by atoms with Crippen LogP contribution in [0, 0.1) is 13.8 Å². The predicted molar refractivity (Wildman–Crippen MR) is 124 cm³/mol. The summed E-state index contributed by atoms with van der Waals surface area (Å²) in [4.78, 5) is 16.5. The van der Waals surface area contributed by atoms with Crippen molar-refractivity contribution < 1.29 is 53.3 Å². The number of furan rings is 1. The van der Waals surface area contributed by atoms with E-state index in [1.165, 1.54) is 38.9 Å². The van der Waals surface area contributed by atoms with Gasteiger partial charge in [-0.2, -0.15) is 0 Å². The van der Waals surface area contributed by atoms with E-state index in [4.69, 9.17) is 13.9 Å². The molecule has 0 atom stereocenters. The number of hydrogen-bond donors (Lipinski definition) is 0. The number of carboxylic acid groups (broad SMARTS) is 1. The number of carbonyl (C=O) groups is 1. The molecule has 2 aliphatic rings. The first-order valence-corrected chi connectivity index (χ1v) is 11.2. The van der Waals surface area contributed by atoms with E-state index in [2.05, 4.69) is 4.98 Å². The Morgan fingerprint density at radius 2 is 1.85 bits per heavy atom. The Bertz CT molecular complexity index is 1350. The van der Waals surface area contributed by atoms with Crippen molar-refractivity contribution >= 4 is 27.8 Å². The Balaban J connectivity index is 0.000000290. The summed E-state index contributed by atoms with van der Waals surface area (Å²) < 4.78 is 16.6. The van der Waals surface area contributed by atoms with Crippen LogP contribution in [0.3, 0.4) is 0 Å². The fourth-order valence-corrected chi connectivity index (χ4v) is 4.67. The molecule has 2 aromatic carbocycles. The summed E-state index contributed by atoms with van der Waals surface area (Å²) in [5.41, 5.74) is 3.99. The van der Waals surface area contributed by atoms with E-state index in [-0.39, 0.29) is 35.1 Å². The van der Waals surface area contributed by atoms with Crippen LogP contribution in [-0.2, 0) is 4.74 Å². The number of rotatable bonds is 3. The number of pyridine rings is 1. The number of methoxy groups -OCH3 is 1. The number of aromatic carboxylic acids is 1. The molecule has 0 N–H and O–H groups in total. The number of carboxylic acids is 1. The maximum Gasteiger partial charge on any atom is 1.00 e. The molecule has 1 aliphatic carbocycles. The van der Waals surface area contributed by atoms with Gasteiger partial charge in [-0.05, 0) is 63.3 Å². The largest absolute Gasteiger partial charge is 1.00 e. The molecule has 2 fully saturated rings. The minimum Gasteiger partial charge on any atom is -0.545 e. The van der Waals surface area contributed by atoms with Crippen LogP contribution in [0.25, 0.3) is 33.3 Å². The van der Waals surface area contributed by atoms with Gasteiger partial charge in [0.05, 0.1) is 36.2 Å². The number of carbonyl (C=O) groups excluding carboxylic acids is 1. The van der Waals surface area contributed by atoms with Crippen molar-refractivity contribution in [3.8, 4) is 17.2 Å². The molecule has 2 aromatic heterocycles. The molecule has 1 saturated carbocycles. The van der Waals surface area contributed by atoms with Crippen molar-refractivity contribution in [2.75, 3.05) is 13.7 Å². The average molecular weight is 467 g/mol. The third-order valence-corrected chi connectivity index (χ3v) is 6.87. The molecule has 1 aliphatic heterocycles. The summed E-state index contributed by atoms with van der Waals surface area (Å²) in [7, 11) is 1.50. The van der Waals surface area contributed by atoms with Crippen LogP contribution in [0.4, 0.5) is 0 Å². The summed E-state index contributed by atoms with van der Waals surface area (Å²) in [5.74, 6) is -0.278. The number of hydrogen-bond acceptors (Lipinski definition) is 6. The molecule has 0 amide bonds. The van der Waals surface area contributed by atoms with E-state index in [9.17, 15) is 9.90 Å². The quantitative estimate of drug-likeness (QED) is 0.429. The van der Waals surface area contributed by atoms with Crippen LogP contribution in [0.2, 0.25) is 0 Å². The minimum atomic E-state index is -1.28. The van der Waals surface area contributed by atoms with E-state index in [0.29, 0.717) is 33.7 Å². The zero-order valence-electron chi connectivity index (χ0n) is 20.1. The topological polar surface area (TPSA) is 84.6 Å². The smallest absolute Gasteiger partial charge is 0.545 e. The van der Waals surface area contributed by atoms with E-state index in [1.54, 1.807) is 6.07 Å². The second kappa shape index (κ2) is 9.70. The first-order valence-electron chi connectivity index (χ1n) is 11.2. The molecule has 34 heavy (non-hydrogen) atoms. The molecule has 1 spiro atoms. The molecule has 3 heterocycles. The van der Waals surface area contributed by atoms with Crippen molar-refractivity contribution in [2.24, 2.45) is 0 Å². The Morgan fingerprint density at radius 1 is 1.12 bits per heavy atom. The molecule has 0 bridgehead atoms. The Kier molecular flexibility index (Phi) is 7.06. The van der Waals surface area contributed by atoms with Gasteiger partial charge in [0.25, 0.3) is 0 Å². The van der Waals surface area contributed by atoms with Gasteiger partial charge < -0.3 is 23.8 Å². The Hall–Kier alpha value is -2.38. The molecule has 4 aromatic rings. The van der Waals surface area contributed by atoms with Crippen LogP contribution in [0.1, 0.15) is 47.2 Å². The summed E-state index contributed by atoms with van der Waals surface area (Å²) >= 11 is 0. The van der Waals surface area contributed by atoms with Crippen molar-refractivity contribution in [1.82, 2.24) is 4.98 Å². The van der Waals surface area contributed by atoms with Crippen LogP contribution < -0.4 is 39.4 Å². The van der Waals surface area contributed by atoms with Gasteiger partial charge in [-0.3, -0.25) is 0 Å². The monoisotopic (exact) mass is 467 g/mol. The third-order valence-electron chi connectivity index (χ3n) is 6.87. The first kappa shape index (κ1) is 24.7. The van der Waals surface area contributed by atoms with Crippen LogP contribution >= 0.6 is 0 Å². The fourth-order valence-electron chi connectivity index (χ4n) is 4.67. The standard InChI is InChI=1S/C21H17NO4.C6H10O.Na/c1-11-8-9-17(25-3)18-14(21(23)24)10-15(22-19(11)18)20-12(2)13-6-4-5-7-16(13)26-20;1-2-6(3-1)4-5-7-6;/h4-10H,1-3H3,(H,23,24);1-5H2;/q;;+1/p-1. The van der Waals surface area contributed by atoms with Gasteiger partial charge in [0.15, 0.2) is 5.76 Å². The van der Waals surface area contributed by atoms with Crippen molar-refractivity contribution in [1.29, 1.82) is 0 Å². The molecule has 7 heteroatoms. The number of para-hydroxylation sites is 1. The maximum atomic E-state index is 11.8. The normalized spacial score (nSPS) is 15.6. The van der Waals surface area contributed by atoms with E-state index >= 15 is 0 Å². The number of nitrogens with zero attached hydrogens (tertiary/aromatic N) is 1. The predicted octanol–water partition coefficient (Wildman–Crippen LogP) is 1.97. The van der Waals surface area contributed by atoms with Gasteiger partial charge in [-0.15, -0.1) is 0 Å². The number of aromatic nitrogens is 1. The SMILES string of the molecule is C1CC2(C1)CCO2.COc1ccc(C)c2nc(-c3oc4ccccc4c3C)cc(C(=O)[O-])c12.[Na+]. The number of fused-ring (bicyclic) bond motifs is 2. The van der Waals surface area contributed by atoms with Gasteiger partial charge in [-0.1, -0.05) is 24.3 Å². The van der Waals surface area contributed by atoms with Crippen molar-refractivity contribution in [3.63, 3.8) is 0 Å². The average Bonchev–Trinajstić information content (AvgIpc) is 3.09. The van der Waals surface area contributed by atoms with E-state index in [1.807, 2.05) is 44.2 Å². The minimum absolute atomic E-state index is 0. The Labute approximate surface area is 220 Å². The van der Waals surface area contributed by atoms with E-state index < -0.39 is 5.97 Å². The molecule has 170 valence electrons. The zero-order valence-corrected chi connectivity index (χ0v) is 22.1. The van der Waals surface area contributed by atoms with Crippen LogP contribution in [0.15, 0.2) is 46.9 Å². The van der Waals surface area contributed by atoms with Crippen LogP contribution in [0.5, 0.6) is 5.75 Å². The zero-order chi connectivity index (χ0) is 23.2. The van der Waals surface area contributed by atoms with Gasteiger partial charge in [-0.25, -0.2) is 4.98 Å². The van der Waals surface area contributed by atoms with Crippen molar-refractivity contribution in [2.45, 2.75) is 45.1 Å².